The van der Waals surface area contributed by atoms with Gasteiger partial charge in [-0.3, -0.25) is 23.9 Å². The van der Waals surface area contributed by atoms with Crippen LogP contribution in [0.2, 0.25) is 0 Å². The highest BCUT2D eigenvalue weighted by Gasteiger charge is 2.44. The number of nitrogens with one attached hydrogen (secondary N) is 3. The Bertz CT molecular complexity index is 982. The smallest absolute Gasteiger partial charge is 0.408 e. The predicted octanol–water partition coefficient (Wildman–Crippen LogP) is -1.97. The molecule has 0 bridgehead atoms. The third kappa shape index (κ3) is 7.40. The summed E-state index contributed by atoms with van der Waals surface area (Å²) in [5, 5.41) is 34.1. The third-order valence-corrected chi connectivity index (χ3v) is 4.59. The molecule has 1 aliphatic heterocycles. The molecule has 14 nitrogen and oxygen atoms in total. The second-order valence-corrected chi connectivity index (χ2v) is 8.44. The van der Waals surface area contributed by atoms with Crippen molar-refractivity contribution in [3.05, 3.63) is 33.1 Å². The van der Waals surface area contributed by atoms with Crippen LogP contribution in [-0.2, 0) is 19.1 Å². The van der Waals surface area contributed by atoms with E-state index in [1.165, 1.54) is 0 Å². The van der Waals surface area contributed by atoms with Crippen molar-refractivity contribution in [1.82, 2.24) is 20.2 Å². The number of aromatic amines is 1. The molecule has 0 radical (unpaired) electrons. The lowest BCUT2D eigenvalue weighted by atomic mass is 10.1. The first-order valence-electron chi connectivity index (χ1n) is 10.1. The molecule has 184 valence electrons. The molecule has 1 fully saturated rings. The minimum Gasteiger partial charge on any atom is -0.481 e. The van der Waals surface area contributed by atoms with E-state index in [4.69, 9.17) is 14.6 Å². The van der Waals surface area contributed by atoms with Crippen LogP contribution >= 0.6 is 0 Å². The number of aliphatic carboxylic acids is 1. The Labute approximate surface area is 187 Å². The van der Waals surface area contributed by atoms with E-state index in [0.29, 0.717) is 0 Å². The molecule has 14 heteroatoms. The van der Waals surface area contributed by atoms with Crippen LogP contribution in [0.5, 0.6) is 0 Å². The number of alkyl carbamates (subject to hydrolysis) is 1. The maximum atomic E-state index is 12.6. The average molecular weight is 472 g/mol. The van der Waals surface area contributed by atoms with Crippen LogP contribution in [-0.4, -0.2) is 79.3 Å². The van der Waals surface area contributed by atoms with Crippen molar-refractivity contribution in [3.8, 4) is 0 Å². The highest BCUT2D eigenvalue weighted by molar-refractivity contribution is 5.86. The lowest BCUT2D eigenvalue weighted by Crippen LogP contribution is -2.50. The monoisotopic (exact) mass is 472 g/mol. The summed E-state index contributed by atoms with van der Waals surface area (Å²) < 4.78 is 11.5. The van der Waals surface area contributed by atoms with Gasteiger partial charge < -0.3 is 35.4 Å². The quantitative estimate of drug-likeness (QED) is 0.246. The summed E-state index contributed by atoms with van der Waals surface area (Å²) in [6.45, 7) is 4.53. The van der Waals surface area contributed by atoms with E-state index in [1.807, 2.05) is 4.98 Å². The van der Waals surface area contributed by atoms with E-state index in [2.05, 4.69) is 10.6 Å². The van der Waals surface area contributed by atoms with E-state index in [-0.39, 0.29) is 13.0 Å². The molecule has 5 atom stereocenters. The minimum absolute atomic E-state index is 0.230. The Morgan fingerprint density at radius 3 is 2.48 bits per heavy atom. The number of H-pyrrole nitrogens is 1. The first-order chi connectivity index (χ1) is 15.3. The number of hydrogen-bond donors (Lipinski definition) is 6. The van der Waals surface area contributed by atoms with Crippen LogP contribution < -0.4 is 21.9 Å². The number of amides is 2. The average Bonchev–Trinajstić information content (AvgIpc) is 2.96. The fraction of sp³-hybridized carbons (Fsp3) is 0.632. The first-order valence-corrected chi connectivity index (χ1v) is 10.1. The van der Waals surface area contributed by atoms with Crippen molar-refractivity contribution in [2.45, 2.75) is 69.8 Å². The maximum absolute atomic E-state index is 12.6. The Morgan fingerprint density at radius 1 is 1.24 bits per heavy atom. The van der Waals surface area contributed by atoms with Gasteiger partial charge in [-0.15, -0.1) is 0 Å². The van der Waals surface area contributed by atoms with Gasteiger partial charge in [0.05, 0.1) is 0 Å². The zero-order valence-electron chi connectivity index (χ0n) is 18.3. The summed E-state index contributed by atoms with van der Waals surface area (Å²) in [4.78, 5) is 60.6. The number of aliphatic hydroxyl groups excluding tert-OH is 2. The number of carboxylic acids is 1. The van der Waals surface area contributed by atoms with Crippen LogP contribution in [0.4, 0.5) is 4.79 Å². The third-order valence-electron chi connectivity index (χ3n) is 4.59. The summed E-state index contributed by atoms with van der Waals surface area (Å²) in [6.07, 6.45) is -5.97. The molecule has 2 heterocycles. The molecule has 1 saturated heterocycles. The van der Waals surface area contributed by atoms with Crippen LogP contribution in [0, 0.1) is 0 Å². The second kappa shape index (κ2) is 10.6. The Kier molecular flexibility index (Phi) is 8.35. The number of carbonyl (C=O) groups is 3. The molecule has 0 aliphatic carbocycles. The summed E-state index contributed by atoms with van der Waals surface area (Å²) in [5.74, 6) is -1.94. The number of ether oxygens (including phenoxy) is 2. The van der Waals surface area contributed by atoms with Crippen LogP contribution in [0.15, 0.2) is 21.9 Å². The second-order valence-electron chi connectivity index (χ2n) is 8.44. The number of nitrogens with zero attached hydrogens (tertiary/aromatic N) is 1. The van der Waals surface area contributed by atoms with Crippen molar-refractivity contribution in [2.24, 2.45) is 0 Å². The van der Waals surface area contributed by atoms with Gasteiger partial charge >= 0.3 is 17.8 Å². The first kappa shape index (κ1) is 26.0. The number of hydrogen-bond acceptors (Lipinski definition) is 9. The Balaban J connectivity index is 2.04. The van der Waals surface area contributed by atoms with Crippen molar-refractivity contribution in [2.75, 3.05) is 6.54 Å². The lowest BCUT2D eigenvalue weighted by Gasteiger charge is -2.23. The van der Waals surface area contributed by atoms with Crippen molar-refractivity contribution in [1.29, 1.82) is 0 Å². The van der Waals surface area contributed by atoms with E-state index >= 15 is 0 Å². The van der Waals surface area contributed by atoms with Gasteiger partial charge in [0.25, 0.3) is 5.56 Å². The largest absolute Gasteiger partial charge is 0.481 e. The topological polar surface area (TPSA) is 209 Å². The number of carboxylic acid groups (broad SMARTS) is 1. The Hall–Kier alpha value is -3.23. The highest BCUT2D eigenvalue weighted by atomic mass is 16.6. The molecular weight excluding hydrogens is 444 g/mol. The summed E-state index contributed by atoms with van der Waals surface area (Å²) >= 11 is 0. The molecule has 2 amide bonds. The number of rotatable bonds is 8. The molecule has 0 saturated carbocycles. The van der Waals surface area contributed by atoms with Gasteiger partial charge in [0, 0.05) is 25.2 Å². The van der Waals surface area contributed by atoms with Gasteiger partial charge in [-0.25, -0.2) is 9.59 Å². The van der Waals surface area contributed by atoms with Gasteiger partial charge in [0.1, 0.15) is 30.0 Å². The SMILES string of the molecule is CC(C)(C)OC(=O)NC(CCC(=O)O)C(=O)NC[C@H]1O[C@@H](n2ccc(=O)[nH]c2=O)C(O)[C@H]1O. The van der Waals surface area contributed by atoms with Crippen molar-refractivity contribution >= 4 is 18.0 Å². The molecule has 0 spiro atoms. The molecule has 2 unspecified atom stereocenters. The molecule has 2 rings (SSSR count). The number of aliphatic hydroxyl groups is 2. The van der Waals surface area contributed by atoms with Gasteiger partial charge in [-0.1, -0.05) is 0 Å². The zero-order valence-corrected chi connectivity index (χ0v) is 18.3. The van der Waals surface area contributed by atoms with Crippen LogP contribution in [0.1, 0.15) is 39.8 Å². The highest BCUT2D eigenvalue weighted by Crippen LogP contribution is 2.27. The standard InChI is InChI=1S/C19H28N4O10/c1-19(2,3)33-18(31)21-9(4-5-12(25)26)15(29)20-8-10-13(27)14(28)16(32-10)23-7-6-11(24)22-17(23)30/h6-7,9-10,13-14,16,27-28H,4-5,8H2,1-3H3,(H,20,29)(H,21,31)(H,25,26)(H,22,24,30)/t9?,10-,13+,14?,16-/m1/s1. The van der Waals surface area contributed by atoms with E-state index in [9.17, 15) is 34.2 Å². The summed E-state index contributed by atoms with van der Waals surface area (Å²) in [7, 11) is 0. The number of carbonyl (C=O) groups excluding carboxylic acids is 2. The van der Waals surface area contributed by atoms with Crippen LogP contribution in [0.3, 0.4) is 0 Å². The van der Waals surface area contributed by atoms with Crippen molar-refractivity contribution in [3.63, 3.8) is 0 Å². The van der Waals surface area contributed by atoms with Crippen LogP contribution in [0.25, 0.3) is 0 Å². The normalized spacial score (nSPS) is 23.5. The molecule has 1 aliphatic rings. The molecular formula is C19H28N4O10. The zero-order chi connectivity index (χ0) is 24.9. The molecule has 33 heavy (non-hydrogen) atoms. The summed E-state index contributed by atoms with van der Waals surface area (Å²) in [6, 6.07) is -0.217. The van der Waals surface area contributed by atoms with Crippen molar-refractivity contribution < 1.29 is 39.2 Å². The van der Waals surface area contributed by atoms with E-state index < -0.39 is 71.8 Å². The Morgan fingerprint density at radius 2 is 1.91 bits per heavy atom. The predicted molar refractivity (Wildman–Crippen MR) is 110 cm³/mol. The van der Waals surface area contributed by atoms with Gasteiger partial charge in [-0.05, 0) is 27.2 Å². The van der Waals surface area contributed by atoms with Gasteiger partial charge in [0.15, 0.2) is 6.23 Å². The van der Waals surface area contributed by atoms with E-state index in [0.717, 1.165) is 16.8 Å². The molecule has 0 aromatic carbocycles. The lowest BCUT2D eigenvalue weighted by molar-refractivity contribution is -0.137. The number of aromatic nitrogens is 2. The summed E-state index contributed by atoms with van der Waals surface area (Å²) in [5.41, 5.74) is -2.36. The maximum Gasteiger partial charge on any atom is 0.408 e. The van der Waals surface area contributed by atoms with E-state index in [1.54, 1.807) is 20.8 Å². The fourth-order valence-corrected chi connectivity index (χ4v) is 3.07. The fourth-order valence-electron chi connectivity index (χ4n) is 3.07. The molecule has 6 N–H and O–H groups in total. The van der Waals surface area contributed by atoms with Gasteiger partial charge in [-0.2, -0.15) is 0 Å². The molecule has 1 aromatic rings. The molecule has 1 aromatic heterocycles. The van der Waals surface area contributed by atoms with Gasteiger partial charge in [0.2, 0.25) is 5.91 Å². The minimum atomic E-state index is -1.54.